The van der Waals surface area contributed by atoms with Crippen LogP contribution in [0.3, 0.4) is 0 Å². The summed E-state index contributed by atoms with van der Waals surface area (Å²) < 4.78 is 5.67. The van der Waals surface area contributed by atoms with E-state index in [0.717, 1.165) is 16.5 Å². The van der Waals surface area contributed by atoms with E-state index in [1.165, 1.54) is 0 Å². The number of nitrogens with one attached hydrogen (secondary N) is 3. The van der Waals surface area contributed by atoms with Crippen molar-refractivity contribution in [3.05, 3.63) is 108 Å². The number of aromatic nitrogens is 1. The molecule has 53 heavy (non-hydrogen) atoms. The predicted molar refractivity (Wildman–Crippen MR) is 205 cm³/mol. The van der Waals surface area contributed by atoms with Gasteiger partial charge in [0.05, 0.1) is 5.92 Å². The fourth-order valence-corrected chi connectivity index (χ4v) is 7.09. The third-order valence-corrected chi connectivity index (χ3v) is 9.92. The summed E-state index contributed by atoms with van der Waals surface area (Å²) in [4.78, 5) is 61.0. The Hall–Kier alpha value is -5.00. The number of fused-ring (bicyclic) bond motifs is 1. The number of benzene rings is 3. The maximum Gasteiger partial charge on any atom is 0.329 e. The van der Waals surface area contributed by atoms with Crippen molar-refractivity contribution in [1.82, 2.24) is 20.5 Å². The van der Waals surface area contributed by atoms with Crippen molar-refractivity contribution in [3.8, 4) is 0 Å². The van der Waals surface area contributed by atoms with Crippen LogP contribution in [0.15, 0.2) is 91.1 Å². The second-order valence-corrected chi connectivity index (χ2v) is 15.0. The SMILES string of the molecule is C[C@@H](c1c[nH]c2ccccc12)C(NC(=O)C1CCCN(C(=O)C(O)(c2ccccc2)c2ccccc2)C1)C(=O)N[C@@H](CCCCN)C(=O)OC(C)(C)C. The molecular weight excluding hydrogens is 670 g/mol. The summed E-state index contributed by atoms with van der Waals surface area (Å²) in [6, 6.07) is 23.3. The number of hydrogen-bond acceptors (Lipinski definition) is 7. The first-order valence-corrected chi connectivity index (χ1v) is 18.6. The maximum absolute atomic E-state index is 14.3. The van der Waals surface area contributed by atoms with Gasteiger partial charge in [-0.3, -0.25) is 14.4 Å². The van der Waals surface area contributed by atoms with Crippen LogP contribution in [-0.4, -0.2) is 76.0 Å². The molecule has 0 spiro atoms. The predicted octanol–water partition coefficient (Wildman–Crippen LogP) is 4.89. The maximum atomic E-state index is 14.3. The van der Waals surface area contributed by atoms with Crippen LogP contribution in [0.5, 0.6) is 0 Å². The number of carbonyl (C=O) groups is 4. The molecule has 0 saturated carbocycles. The molecule has 1 aliphatic heterocycles. The highest BCUT2D eigenvalue weighted by Crippen LogP contribution is 2.34. The Morgan fingerprint density at radius 2 is 1.55 bits per heavy atom. The second kappa shape index (κ2) is 17.2. The summed E-state index contributed by atoms with van der Waals surface area (Å²) >= 11 is 0. The van der Waals surface area contributed by atoms with Gasteiger partial charge in [-0.2, -0.15) is 0 Å². The molecule has 1 aliphatic rings. The molecule has 11 heteroatoms. The van der Waals surface area contributed by atoms with Gasteiger partial charge in [-0.1, -0.05) is 85.8 Å². The lowest BCUT2D eigenvalue weighted by Gasteiger charge is -2.38. The second-order valence-electron chi connectivity index (χ2n) is 15.0. The number of piperidine rings is 1. The highest BCUT2D eigenvalue weighted by molar-refractivity contribution is 5.94. The van der Waals surface area contributed by atoms with E-state index in [-0.39, 0.29) is 6.54 Å². The van der Waals surface area contributed by atoms with E-state index in [0.29, 0.717) is 56.3 Å². The zero-order chi connectivity index (χ0) is 38.2. The van der Waals surface area contributed by atoms with Gasteiger partial charge in [0.1, 0.15) is 17.7 Å². The largest absolute Gasteiger partial charge is 0.458 e. The number of aliphatic hydroxyl groups is 1. The Labute approximate surface area is 311 Å². The Morgan fingerprint density at radius 1 is 0.925 bits per heavy atom. The summed E-state index contributed by atoms with van der Waals surface area (Å²) in [5.41, 5.74) is 5.57. The molecular formula is C42H53N5O6. The molecule has 2 unspecified atom stereocenters. The number of rotatable bonds is 14. The monoisotopic (exact) mass is 723 g/mol. The average Bonchev–Trinajstić information content (AvgIpc) is 3.60. The number of nitrogens with two attached hydrogens (primary N) is 1. The number of para-hydroxylation sites is 1. The molecule has 1 aromatic heterocycles. The van der Waals surface area contributed by atoms with Gasteiger partial charge in [0.2, 0.25) is 11.8 Å². The quantitative estimate of drug-likeness (QED) is 0.0913. The number of likely N-dealkylation sites (tertiary alicyclic amines) is 1. The van der Waals surface area contributed by atoms with E-state index >= 15 is 0 Å². The first-order valence-electron chi connectivity index (χ1n) is 18.6. The van der Waals surface area contributed by atoms with Crippen LogP contribution in [0.2, 0.25) is 0 Å². The normalized spacial score (nSPS) is 16.7. The molecule has 0 aliphatic carbocycles. The van der Waals surface area contributed by atoms with E-state index < -0.39 is 58.8 Å². The molecule has 6 N–H and O–H groups in total. The highest BCUT2D eigenvalue weighted by Gasteiger charge is 2.45. The minimum atomic E-state index is -1.96. The molecule has 282 valence electrons. The molecule has 5 rings (SSSR count). The van der Waals surface area contributed by atoms with Crippen molar-refractivity contribution >= 4 is 34.6 Å². The summed E-state index contributed by atoms with van der Waals surface area (Å²) in [6.45, 7) is 8.04. The lowest BCUT2D eigenvalue weighted by atomic mass is 9.84. The van der Waals surface area contributed by atoms with E-state index in [1.54, 1.807) is 74.2 Å². The minimum Gasteiger partial charge on any atom is -0.458 e. The van der Waals surface area contributed by atoms with Gasteiger partial charge in [-0.05, 0) is 82.2 Å². The number of ether oxygens (including phenoxy) is 1. The fraction of sp³-hybridized carbons (Fsp3) is 0.429. The minimum absolute atomic E-state index is 0.0576. The van der Waals surface area contributed by atoms with Gasteiger partial charge in [-0.25, -0.2) is 4.79 Å². The molecule has 2 heterocycles. The number of aromatic amines is 1. The number of H-pyrrole nitrogens is 1. The van der Waals surface area contributed by atoms with Crippen LogP contribution in [0.25, 0.3) is 10.9 Å². The van der Waals surface area contributed by atoms with E-state index in [1.807, 2.05) is 49.5 Å². The molecule has 0 radical (unpaired) electrons. The molecule has 1 saturated heterocycles. The Balaban J connectivity index is 1.41. The number of nitrogens with zero attached hydrogens (tertiary/aromatic N) is 1. The molecule has 4 atom stereocenters. The van der Waals surface area contributed by atoms with E-state index in [9.17, 15) is 24.3 Å². The third kappa shape index (κ3) is 9.33. The lowest BCUT2D eigenvalue weighted by Crippen LogP contribution is -2.57. The molecule has 0 bridgehead atoms. The van der Waals surface area contributed by atoms with Gasteiger partial charge in [0.25, 0.3) is 5.91 Å². The lowest BCUT2D eigenvalue weighted by molar-refractivity contribution is -0.159. The summed E-state index contributed by atoms with van der Waals surface area (Å²) in [5, 5.41) is 19.0. The van der Waals surface area contributed by atoms with Crippen LogP contribution in [0.1, 0.15) is 82.4 Å². The van der Waals surface area contributed by atoms with Crippen LogP contribution in [-0.2, 0) is 29.5 Å². The summed E-state index contributed by atoms with van der Waals surface area (Å²) in [5.74, 6) is -3.16. The van der Waals surface area contributed by atoms with Crippen LogP contribution < -0.4 is 16.4 Å². The molecule has 3 aromatic carbocycles. The first-order chi connectivity index (χ1) is 25.3. The van der Waals surface area contributed by atoms with E-state index in [2.05, 4.69) is 15.6 Å². The number of hydrogen-bond donors (Lipinski definition) is 5. The topological polar surface area (TPSA) is 167 Å². The fourth-order valence-electron chi connectivity index (χ4n) is 7.09. The Bertz CT molecular complexity index is 1810. The van der Waals surface area contributed by atoms with Crippen molar-refractivity contribution in [3.63, 3.8) is 0 Å². The highest BCUT2D eigenvalue weighted by atomic mass is 16.6. The number of unbranched alkanes of at least 4 members (excludes halogenated alkanes) is 1. The molecule has 1 fully saturated rings. The Kier molecular flexibility index (Phi) is 12.7. The van der Waals surface area contributed by atoms with Gasteiger partial charge in [-0.15, -0.1) is 0 Å². The molecule has 4 aromatic rings. The number of amides is 3. The molecule has 3 amide bonds. The number of esters is 1. The van der Waals surface area contributed by atoms with Crippen molar-refractivity contribution < 1.29 is 29.0 Å². The van der Waals surface area contributed by atoms with Crippen molar-refractivity contribution in [2.75, 3.05) is 19.6 Å². The average molecular weight is 724 g/mol. The van der Waals surface area contributed by atoms with Crippen molar-refractivity contribution in [2.45, 2.75) is 89.0 Å². The van der Waals surface area contributed by atoms with Crippen LogP contribution in [0.4, 0.5) is 0 Å². The summed E-state index contributed by atoms with van der Waals surface area (Å²) in [6.07, 6.45) is 4.44. The van der Waals surface area contributed by atoms with Crippen molar-refractivity contribution in [1.29, 1.82) is 0 Å². The van der Waals surface area contributed by atoms with Crippen LogP contribution in [0, 0.1) is 5.92 Å². The van der Waals surface area contributed by atoms with Crippen LogP contribution >= 0.6 is 0 Å². The molecule has 11 nitrogen and oxygen atoms in total. The third-order valence-electron chi connectivity index (χ3n) is 9.92. The van der Waals surface area contributed by atoms with Gasteiger partial charge >= 0.3 is 5.97 Å². The zero-order valence-corrected chi connectivity index (χ0v) is 31.1. The zero-order valence-electron chi connectivity index (χ0n) is 31.1. The van der Waals surface area contributed by atoms with Gasteiger partial charge in [0.15, 0.2) is 5.60 Å². The first kappa shape index (κ1) is 39.2. The number of carbonyl (C=O) groups excluding carboxylic acids is 4. The standard InChI is InChI=1S/C42H53N5O6/c1-28(33-26-44-34-22-12-11-21-32(33)34)36(38(49)45-35(23-13-14-24-43)39(50)53-41(2,3)4)46-37(48)29-16-15-25-47(27-29)40(51)42(52,30-17-7-5-8-18-30)31-19-9-6-10-20-31/h5-12,17-22,26,28-29,35-36,44,52H,13-16,23-25,27,43H2,1-4H3,(H,45,49)(H,46,48)/t28-,29?,35-,36?/m0/s1. The summed E-state index contributed by atoms with van der Waals surface area (Å²) in [7, 11) is 0. The van der Waals surface area contributed by atoms with Crippen molar-refractivity contribution in [2.24, 2.45) is 11.7 Å². The van der Waals surface area contributed by atoms with Gasteiger partial charge in [0, 0.05) is 36.1 Å². The Morgan fingerprint density at radius 3 is 2.17 bits per heavy atom. The van der Waals surface area contributed by atoms with Gasteiger partial charge < -0.3 is 36.1 Å². The van der Waals surface area contributed by atoms with E-state index in [4.69, 9.17) is 10.5 Å². The smallest absolute Gasteiger partial charge is 0.329 e.